The Morgan fingerprint density at radius 2 is 1.96 bits per heavy atom. The molecule has 1 saturated heterocycles. The summed E-state index contributed by atoms with van der Waals surface area (Å²) in [6, 6.07) is 9.42. The third-order valence-corrected chi connectivity index (χ3v) is 4.91. The molecule has 3 unspecified atom stereocenters. The van der Waals surface area contributed by atoms with Gasteiger partial charge in [-0.25, -0.2) is 4.79 Å². The molecule has 1 aliphatic carbocycles. The maximum absolute atomic E-state index is 12.4. The van der Waals surface area contributed by atoms with Gasteiger partial charge in [-0.05, 0) is 43.6 Å². The van der Waals surface area contributed by atoms with Crippen LogP contribution in [-0.4, -0.2) is 41.9 Å². The molecular formula is C19H26N2O4. The van der Waals surface area contributed by atoms with Gasteiger partial charge in [0.2, 0.25) is 0 Å². The number of carboxylic acid groups (broad SMARTS) is 1. The summed E-state index contributed by atoms with van der Waals surface area (Å²) in [4.78, 5) is 23.3. The smallest absolute Gasteiger partial charge is 0.315 e. The number of rotatable bonds is 8. The van der Waals surface area contributed by atoms with Crippen molar-refractivity contribution in [3.05, 3.63) is 35.9 Å². The highest BCUT2D eigenvalue weighted by Gasteiger charge is 2.41. The van der Waals surface area contributed by atoms with Gasteiger partial charge in [0.05, 0.1) is 12.1 Å². The molecule has 0 spiro atoms. The highest BCUT2D eigenvalue weighted by atomic mass is 16.5. The van der Waals surface area contributed by atoms with Gasteiger partial charge < -0.3 is 20.5 Å². The fourth-order valence-electron chi connectivity index (χ4n) is 3.47. The number of carbonyl (C=O) groups is 2. The van der Waals surface area contributed by atoms with E-state index in [2.05, 4.69) is 10.6 Å². The van der Waals surface area contributed by atoms with E-state index in [4.69, 9.17) is 9.84 Å². The molecule has 1 heterocycles. The molecule has 2 fully saturated rings. The summed E-state index contributed by atoms with van der Waals surface area (Å²) in [6.07, 6.45) is 4.40. The van der Waals surface area contributed by atoms with Crippen LogP contribution in [0.2, 0.25) is 0 Å². The van der Waals surface area contributed by atoms with E-state index in [1.807, 2.05) is 30.3 Å². The van der Waals surface area contributed by atoms with Gasteiger partial charge in [-0.15, -0.1) is 0 Å². The predicted octanol–water partition coefficient (Wildman–Crippen LogP) is 2.33. The Kier molecular flexibility index (Phi) is 5.91. The minimum Gasteiger partial charge on any atom is -0.481 e. The number of hydrogen-bond donors (Lipinski definition) is 3. The van der Waals surface area contributed by atoms with Crippen molar-refractivity contribution in [2.45, 2.75) is 56.7 Å². The third kappa shape index (κ3) is 5.46. The number of aliphatic carboxylic acids is 1. The molecule has 3 N–H and O–H groups in total. The van der Waals surface area contributed by atoms with E-state index < -0.39 is 5.97 Å². The molecule has 1 aliphatic heterocycles. The molecule has 6 heteroatoms. The van der Waals surface area contributed by atoms with E-state index in [0.717, 1.165) is 12.0 Å². The monoisotopic (exact) mass is 346 g/mol. The molecule has 2 amide bonds. The molecule has 1 aromatic rings. The van der Waals surface area contributed by atoms with E-state index >= 15 is 0 Å². The van der Waals surface area contributed by atoms with Gasteiger partial charge in [-0.1, -0.05) is 30.3 Å². The van der Waals surface area contributed by atoms with Crippen molar-refractivity contribution in [1.82, 2.24) is 10.6 Å². The normalized spacial score (nSPS) is 23.8. The summed E-state index contributed by atoms with van der Waals surface area (Å²) in [5.74, 6) is -0.266. The van der Waals surface area contributed by atoms with Gasteiger partial charge >= 0.3 is 12.0 Å². The van der Waals surface area contributed by atoms with Crippen LogP contribution in [0, 0.1) is 5.92 Å². The maximum Gasteiger partial charge on any atom is 0.315 e. The van der Waals surface area contributed by atoms with Crippen LogP contribution in [0.25, 0.3) is 0 Å². The van der Waals surface area contributed by atoms with Gasteiger partial charge in [-0.3, -0.25) is 4.79 Å². The molecule has 0 aromatic heterocycles. The van der Waals surface area contributed by atoms with Crippen molar-refractivity contribution in [2.24, 2.45) is 5.92 Å². The van der Waals surface area contributed by atoms with Gasteiger partial charge in [0.15, 0.2) is 0 Å². The van der Waals surface area contributed by atoms with Crippen molar-refractivity contribution in [1.29, 1.82) is 0 Å². The van der Waals surface area contributed by atoms with E-state index in [1.165, 1.54) is 12.8 Å². The van der Waals surface area contributed by atoms with Gasteiger partial charge in [0, 0.05) is 19.1 Å². The Morgan fingerprint density at radius 3 is 2.64 bits per heavy atom. The number of urea groups is 1. The van der Waals surface area contributed by atoms with Gasteiger partial charge in [-0.2, -0.15) is 0 Å². The fraction of sp³-hybridized carbons (Fsp3) is 0.579. The number of hydrogen-bond acceptors (Lipinski definition) is 3. The highest BCUT2D eigenvalue weighted by molar-refractivity contribution is 5.75. The summed E-state index contributed by atoms with van der Waals surface area (Å²) in [5.41, 5.74) is 1.08. The third-order valence-electron chi connectivity index (χ3n) is 4.91. The lowest BCUT2D eigenvalue weighted by Crippen LogP contribution is -2.49. The summed E-state index contributed by atoms with van der Waals surface area (Å²) in [7, 11) is 0. The average Bonchev–Trinajstić information content (AvgIpc) is 3.33. The number of ether oxygens (including phenoxy) is 1. The quantitative estimate of drug-likeness (QED) is 0.674. The standard InChI is InChI=1S/C19H26N2O4/c22-17(23)9-8-15(12-13-4-2-1-3-5-13)20-19(24)21-16-10-11-25-18(16)14-6-7-14/h1-5,14-16,18H,6-12H2,(H,22,23)(H2,20,21,24). The molecule has 3 atom stereocenters. The summed E-state index contributed by atoms with van der Waals surface area (Å²) in [6.45, 7) is 0.693. The lowest BCUT2D eigenvalue weighted by Gasteiger charge is -2.23. The van der Waals surface area contributed by atoms with Crippen molar-refractivity contribution in [2.75, 3.05) is 6.61 Å². The van der Waals surface area contributed by atoms with Crippen LogP contribution >= 0.6 is 0 Å². The van der Waals surface area contributed by atoms with Crippen LogP contribution in [0.4, 0.5) is 4.79 Å². The van der Waals surface area contributed by atoms with E-state index in [1.54, 1.807) is 0 Å². The SMILES string of the molecule is O=C(O)CCC(Cc1ccccc1)NC(=O)NC1CCOC1C1CC1. The maximum atomic E-state index is 12.4. The van der Waals surface area contributed by atoms with Crippen LogP contribution < -0.4 is 10.6 Å². The van der Waals surface area contributed by atoms with E-state index in [-0.39, 0.29) is 30.6 Å². The van der Waals surface area contributed by atoms with Crippen molar-refractivity contribution in [3.8, 4) is 0 Å². The van der Waals surface area contributed by atoms with Gasteiger partial charge in [0.25, 0.3) is 0 Å². The predicted molar refractivity (Wildman–Crippen MR) is 93.3 cm³/mol. The first-order valence-corrected chi connectivity index (χ1v) is 9.06. The highest BCUT2D eigenvalue weighted by Crippen LogP contribution is 2.38. The summed E-state index contributed by atoms with van der Waals surface area (Å²) >= 11 is 0. The molecule has 25 heavy (non-hydrogen) atoms. The Balaban J connectivity index is 1.54. The second kappa shape index (κ2) is 8.34. The Labute approximate surface area is 147 Å². The largest absolute Gasteiger partial charge is 0.481 e. The summed E-state index contributed by atoms with van der Waals surface area (Å²) in [5, 5.41) is 14.9. The zero-order valence-corrected chi connectivity index (χ0v) is 14.3. The Morgan fingerprint density at radius 1 is 1.20 bits per heavy atom. The second-order valence-corrected chi connectivity index (χ2v) is 7.00. The number of carboxylic acids is 1. The minimum absolute atomic E-state index is 0.0367. The number of benzene rings is 1. The fourth-order valence-corrected chi connectivity index (χ4v) is 3.47. The molecule has 0 radical (unpaired) electrons. The average molecular weight is 346 g/mol. The number of carbonyl (C=O) groups excluding carboxylic acids is 1. The molecule has 6 nitrogen and oxygen atoms in total. The van der Waals surface area contributed by atoms with Crippen LogP contribution in [0.5, 0.6) is 0 Å². The van der Waals surface area contributed by atoms with Crippen LogP contribution in [0.3, 0.4) is 0 Å². The van der Waals surface area contributed by atoms with Crippen LogP contribution in [0.1, 0.15) is 37.7 Å². The first-order valence-electron chi connectivity index (χ1n) is 9.06. The van der Waals surface area contributed by atoms with E-state index in [0.29, 0.717) is 25.4 Å². The van der Waals surface area contributed by atoms with Crippen molar-refractivity contribution in [3.63, 3.8) is 0 Å². The second-order valence-electron chi connectivity index (χ2n) is 7.00. The van der Waals surface area contributed by atoms with Crippen LogP contribution in [0.15, 0.2) is 30.3 Å². The molecule has 2 aliphatic rings. The molecule has 1 aromatic carbocycles. The van der Waals surface area contributed by atoms with Crippen LogP contribution in [-0.2, 0) is 16.0 Å². The molecule has 1 saturated carbocycles. The minimum atomic E-state index is -0.849. The Bertz CT molecular complexity index is 588. The van der Waals surface area contributed by atoms with Gasteiger partial charge in [0.1, 0.15) is 0 Å². The molecule has 136 valence electrons. The molecule has 0 bridgehead atoms. The van der Waals surface area contributed by atoms with Crippen molar-refractivity contribution >= 4 is 12.0 Å². The zero-order chi connectivity index (χ0) is 17.6. The lowest BCUT2D eigenvalue weighted by molar-refractivity contribution is -0.137. The lowest BCUT2D eigenvalue weighted by atomic mass is 10.0. The van der Waals surface area contributed by atoms with E-state index in [9.17, 15) is 9.59 Å². The van der Waals surface area contributed by atoms with Crippen molar-refractivity contribution < 1.29 is 19.4 Å². The topological polar surface area (TPSA) is 87.7 Å². The zero-order valence-electron chi connectivity index (χ0n) is 14.3. The first-order chi connectivity index (χ1) is 12.1. The molecule has 3 rings (SSSR count). The Hall–Kier alpha value is -2.08. The molecular weight excluding hydrogens is 320 g/mol. The number of amides is 2. The number of nitrogens with one attached hydrogen (secondary N) is 2. The summed E-state index contributed by atoms with van der Waals surface area (Å²) < 4.78 is 5.75. The first kappa shape index (κ1) is 17.7.